The highest BCUT2D eigenvalue weighted by Crippen LogP contribution is 2.26. The van der Waals surface area contributed by atoms with Crippen LogP contribution in [0.25, 0.3) is 0 Å². The smallest absolute Gasteiger partial charge is 0.146 e. The predicted octanol–water partition coefficient (Wildman–Crippen LogP) is 3.83. The first-order valence-electron chi connectivity index (χ1n) is 5.78. The maximum absolute atomic E-state index is 13.7. The topological polar surface area (TPSA) is 24.9 Å². The molecule has 0 aromatic carbocycles. The van der Waals surface area contributed by atoms with Crippen molar-refractivity contribution in [2.75, 3.05) is 6.54 Å². The van der Waals surface area contributed by atoms with Crippen LogP contribution in [0.1, 0.15) is 23.5 Å². The zero-order valence-corrected chi connectivity index (χ0v) is 11.6. The van der Waals surface area contributed by atoms with E-state index in [-0.39, 0.29) is 11.9 Å². The van der Waals surface area contributed by atoms with Gasteiger partial charge in [0, 0.05) is 17.5 Å². The lowest BCUT2D eigenvalue weighted by atomic mass is 10.1. The molecule has 1 unspecified atom stereocenters. The summed E-state index contributed by atoms with van der Waals surface area (Å²) in [6.45, 7) is 2.76. The molecule has 96 valence electrons. The number of rotatable bonds is 5. The van der Waals surface area contributed by atoms with E-state index < -0.39 is 0 Å². The number of pyridine rings is 1. The first-order chi connectivity index (χ1) is 8.70. The van der Waals surface area contributed by atoms with Crippen molar-refractivity contribution in [1.29, 1.82) is 0 Å². The Hall–Kier alpha value is -0.970. The molecule has 0 fully saturated rings. The van der Waals surface area contributed by atoms with E-state index in [1.807, 2.05) is 19.1 Å². The molecule has 2 rings (SSSR count). The molecule has 0 bridgehead atoms. The molecule has 0 aliphatic rings. The number of hydrogen-bond acceptors (Lipinski definition) is 3. The van der Waals surface area contributed by atoms with Crippen molar-refractivity contribution in [3.8, 4) is 0 Å². The molecule has 0 saturated carbocycles. The number of hydrogen-bond donors (Lipinski definition) is 1. The molecule has 1 atom stereocenters. The van der Waals surface area contributed by atoms with Gasteiger partial charge in [0.2, 0.25) is 0 Å². The fraction of sp³-hybridized carbons (Fsp3) is 0.308. The van der Waals surface area contributed by atoms with Gasteiger partial charge in [-0.3, -0.25) is 4.98 Å². The van der Waals surface area contributed by atoms with E-state index in [0.29, 0.717) is 12.1 Å². The van der Waals surface area contributed by atoms with Gasteiger partial charge in [-0.1, -0.05) is 18.5 Å². The van der Waals surface area contributed by atoms with Crippen molar-refractivity contribution in [3.63, 3.8) is 0 Å². The second kappa shape index (κ2) is 6.27. The number of nitrogens with one attached hydrogen (secondary N) is 1. The standard InChI is InChI=1S/C13H14ClFN2S/c1-2-16-11(8-9-5-6-12(14)18-9)13-10(15)4-3-7-17-13/h3-7,11,16H,2,8H2,1H3. The lowest BCUT2D eigenvalue weighted by Gasteiger charge is -2.17. The van der Waals surface area contributed by atoms with Crippen LogP contribution in [0.2, 0.25) is 4.34 Å². The van der Waals surface area contributed by atoms with E-state index in [0.717, 1.165) is 15.8 Å². The Balaban J connectivity index is 2.20. The fourth-order valence-corrected chi connectivity index (χ4v) is 2.96. The van der Waals surface area contributed by atoms with E-state index in [9.17, 15) is 4.39 Å². The fourth-order valence-electron chi connectivity index (χ4n) is 1.83. The van der Waals surface area contributed by atoms with Crippen molar-refractivity contribution >= 4 is 22.9 Å². The van der Waals surface area contributed by atoms with Crippen molar-refractivity contribution in [3.05, 3.63) is 51.2 Å². The highest BCUT2D eigenvalue weighted by Gasteiger charge is 2.17. The quantitative estimate of drug-likeness (QED) is 0.903. The zero-order chi connectivity index (χ0) is 13.0. The third-order valence-corrected chi connectivity index (χ3v) is 3.86. The minimum atomic E-state index is -0.272. The Bertz CT molecular complexity index is 515. The summed E-state index contributed by atoms with van der Waals surface area (Å²) in [5.41, 5.74) is 0.462. The largest absolute Gasteiger partial charge is 0.309 e. The molecule has 2 heterocycles. The second-order valence-electron chi connectivity index (χ2n) is 3.89. The minimum Gasteiger partial charge on any atom is -0.309 e. The molecule has 2 aromatic rings. The van der Waals surface area contributed by atoms with E-state index >= 15 is 0 Å². The van der Waals surface area contributed by atoms with E-state index in [4.69, 9.17) is 11.6 Å². The summed E-state index contributed by atoms with van der Waals surface area (Å²) >= 11 is 7.42. The van der Waals surface area contributed by atoms with Gasteiger partial charge < -0.3 is 5.32 Å². The average Bonchev–Trinajstić information content (AvgIpc) is 2.75. The highest BCUT2D eigenvalue weighted by atomic mass is 35.5. The number of likely N-dealkylation sites (N-methyl/N-ethyl adjacent to an activating group) is 1. The molecule has 0 radical (unpaired) electrons. The molecule has 0 spiro atoms. The molecule has 18 heavy (non-hydrogen) atoms. The van der Waals surface area contributed by atoms with Crippen LogP contribution in [-0.2, 0) is 6.42 Å². The number of aromatic nitrogens is 1. The van der Waals surface area contributed by atoms with Crippen LogP contribution in [0.15, 0.2) is 30.5 Å². The first-order valence-corrected chi connectivity index (χ1v) is 6.98. The van der Waals surface area contributed by atoms with Gasteiger partial charge in [0.1, 0.15) is 5.82 Å². The lowest BCUT2D eigenvalue weighted by Crippen LogP contribution is -2.24. The van der Waals surface area contributed by atoms with Crippen LogP contribution in [0.3, 0.4) is 0 Å². The van der Waals surface area contributed by atoms with Crippen LogP contribution in [0.4, 0.5) is 4.39 Å². The van der Waals surface area contributed by atoms with Gasteiger partial charge >= 0.3 is 0 Å². The minimum absolute atomic E-state index is 0.120. The zero-order valence-electron chi connectivity index (χ0n) is 9.99. The average molecular weight is 285 g/mol. The Morgan fingerprint density at radius 1 is 1.44 bits per heavy atom. The maximum Gasteiger partial charge on any atom is 0.146 e. The summed E-state index contributed by atoms with van der Waals surface area (Å²) < 4.78 is 14.5. The Morgan fingerprint density at radius 3 is 2.89 bits per heavy atom. The SMILES string of the molecule is CCNC(Cc1ccc(Cl)s1)c1ncccc1F. The van der Waals surface area contributed by atoms with Crippen LogP contribution in [-0.4, -0.2) is 11.5 Å². The van der Waals surface area contributed by atoms with Gasteiger partial charge in [0.15, 0.2) is 0 Å². The van der Waals surface area contributed by atoms with E-state index in [2.05, 4.69) is 10.3 Å². The van der Waals surface area contributed by atoms with Crippen molar-refractivity contribution < 1.29 is 4.39 Å². The van der Waals surface area contributed by atoms with Gasteiger partial charge in [-0.15, -0.1) is 11.3 Å². The van der Waals surface area contributed by atoms with Crippen molar-refractivity contribution in [2.24, 2.45) is 0 Å². The molecular formula is C13H14ClFN2S. The van der Waals surface area contributed by atoms with Gasteiger partial charge in [-0.2, -0.15) is 0 Å². The lowest BCUT2D eigenvalue weighted by molar-refractivity contribution is 0.496. The van der Waals surface area contributed by atoms with E-state index in [1.165, 1.54) is 17.4 Å². The number of thiophene rings is 1. The third kappa shape index (κ3) is 3.28. The Labute approximate surface area is 115 Å². The van der Waals surface area contributed by atoms with Crippen LogP contribution < -0.4 is 5.32 Å². The summed E-state index contributed by atoms with van der Waals surface area (Å²) in [5.74, 6) is -0.272. The van der Waals surface area contributed by atoms with Crippen molar-refractivity contribution in [2.45, 2.75) is 19.4 Å². The summed E-state index contributed by atoms with van der Waals surface area (Å²) in [6, 6.07) is 6.75. The van der Waals surface area contributed by atoms with Crippen molar-refractivity contribution in [1.82, 2.24) is 10.3 Å². The molecule has 1 N–H and O–H groups in total. The molecule has 2 aromatic heterocycles. The van der Waals surface area contributed by atoms with Gasteiger partial charge in [0.25, 0.3) is 0 Å². The van der Waals surface area contributed by atoms with Gasteiger partial charge in [0.05, 0.1) is 16.1 Å². The normalized spacial score (nSPS) is 12.6. The van der Waals surface area contributed by atoms with Crippen LogP contribution >= 0.6 is 22.9 Å². The summed E-state index contributed by atoms with van der Waals surface area (Å²) in [6.07, 6.45) is 2.31. The molecular weight excluding hydrogens is 271 g/mol. The van der Waals surface area contributed by atoms with Crippen LogP contribution in [0.5, 0.6) is 0 Å². The third-order valence-electron chi connectivity index (χ3n) is 2.60. The molecule has 0 amide bonds. The molecule has 0 saturated heterocycles. The molecule has 2 nitrogen and oxygen atoms in total. The maximum atomic E-state index is 13.7. The predicted molar refractivity (Wildman–Crippen MR) is 73.6 cm³/mol. The monoisotopic (exact) mass is 284 g/mol. The second-order valence-corrected chi connectivity index (χ2v) is 5.69. The number of nitrogens with zero attached hydrogens (tertiary/aromatic N) is 1. The molecule has 0 aliphatic heterocycles. The summed E-state index contributed by atoms with van der Waals surface area (Å²) in [7, 11) is 0. The van der Waals surface area contributed by atoms with Gasteiger partial charge in [-0.25, -0.2) is 4.39 Å². The molecule has 0 aliphatic carbocycles. The summed E-state index contributed by atoms with van der Waals surface area (Å²) in [5, 5.41) is 3.26. The summed E-state index contributed by atoms with van der Waals surface area (Å²) in [4.78, 5) is 5.26. The number of halogens is 2. The Morgan fingerprint density at radius 2 is 2.28 bits per heavy atom. The first kappa shape index (κ1) is 13.5. The molecule has 5 heteroatoms. The van der Waals surface area contributed by atoms with Gasteiger partial charge in [-0.05, 0) is 30.8 Å². The Kier molecular flexibility index (Phi) is 4.69. The van der Waals surface area contributed by atoms with E-state index in [1.54, 1.807) is 12.3 Å². The van der Waals surface area contributed by atoms with Crippen LogP contribution in [0, 0.1) is 5.82 Å². The highest BCUT2D eigenvalue weighted by molar-refractivity contribution is 7.16.